The normalized spacial score (nSPS) is 11.9. The van der Waals surface area contributed by atoms with E-state index in [1.807, 2.05) is 33.8 Å². The van der Waals surface area contributed by atoms with Crippen LogP contribution in [-0.2, 0) is 0 Å². The molecule has 0 spiro atoms. The maximum absolute atomic E-state index is 12.4. The summed E-state index contributed by atoms with van der Waals surface area (Å²) >= 11 is 0. The lowest BCUT2D eigenvalue weighted by Gasteiger charge is -2.13. The number of aliphatic hydroxyl groups excluding tert-OH is 1. The highest BCUT2D eigenvalue weighted by Crippen LogP contribution is 2.28. The Morgan fingerprint density at radius 1 is 1.15 bits per heavy atom. The molecule has 0 saturated heterocycles. The van der Waals surface area contributed by atoms with Crippen molar-refractivity contribution in [1.29, 1.82) is 0 Å². The Balaban J connectivity index is 1.95. The van der Waals surface area contributed by atoms with Crippen LogP contribution in [0.25, 0.3) is 0 Å². The molecule has 26 heavy (non-hydrogen) atoms. The standard InChI is InChI=1S/C20H27NO5/c1-5-24-18-8-7-15(12-19(18)25-6-2)20(23)21-10-9-17(22)16-11-13(3)26-14(16)4/h7-8,11-12,17,22H,5-6,9-10H2,1-4H3,(H,21,23). The van der Waals surface area contributed by atoms with E-state index >= 15 is 0 Å². The molecule has 142 valence electrons. The molecule has 0 aliphatic heterocycles. The monoisotopic (exact) mass is 361 g/mol. The van der Waals surface area contributed by atoms with Crippen molar-refractivity contribution >= 4 is 5.91 Å². The largest absolute Gasteiger partial charge is 0.490 e. The fourth-order valence-electron chi connectivity index (χ4n) is 2.75. The minimum Gasteiger partial charge on any atom is -0.490 e. The van der Waals surface area contributed by atoms with Crippen LogP contribution in [0.1, 0.15) is 53.8 Å². The Hall–Kier alpha value is -2.47. The highest BCUT2D eigenvalue weighted by Gasteiger charge is 2.16. The Labute approximate surface area is 154 Å². The van der Waals surface area contributed by atoms with Crippen molar-refractivity contribution in [3.8, 4) is 11.5 Å². The van der Waals surface area contributed by atoms with E-state index in [9.17, 15) is 9.90 Å². The molecule has 1 heterocycles. The minimum atomic E-state index is -0.674. The average molecular weight is 361 g/mol. The van der Waals surface area contributed by atoms with Crippen molar-refractivity contribution in [3.05, 3.63) is 46.9 Å². The fourth-order valence-corrected chi connectivity index (χ4v) is 2.75. The quantitative estimate of drug-likeness (QED) is 0.714. The van der Waals surface area contributed by atoms with E-state index < -0.39 is 6.10 Å². The number of ether oxygens (including phenoxy) is 2. The van der Waals surface area contributed by atoms with E-state index in [1.165, 1.54) is 0 Å². The Morgan fingerprint density at radius 2 is 1.85 bits per heavy atom. The van der Waals surface area contributed by atoms with Gasteiger partial charge in [-0.05, 0) is 58.4 Å². The number of aliphatic hydroxyl groups is 1. The molecule has 2 aromatic rings. The molecular weight excluding hydrogens is 334 g/mol. The lowest BCUT2D eigenvalue weighted by Crippen LogP contribution is -2.25. The number of aryl methyl sites for hydroxylation is 2. The van der Waals surface area contributed by atoms with Gasteiger partial charge in [-0.15, -0.1) is 0 Å². The topological polar surface area (TPSA) is 80.9 Å². The summed E-state index contributed by atoms with van der Waals surface area (Å²) in [5, 5.41) is 13.1. The van der Waals surface area contributed by atoms with Crippen molar-refractivity contribution in [3.63, 3.8) is 0 Å². The van der Waals surface area contributed by atoms with Crippen LogP contribution in [0, 0.1) is 13.8 Å². The first-order valence-electron chi connectivity index (χ1n) is 8.89. The first-order valence-corrected chi connectivity index (χ1v) is 8.89. The molecule has 2 rings (SSSR count). The number of hydrogen-bond donors (Lipinski definition) is 2. The third kappa shape index (κ3) is 5.02. The molecule has 6 heteroatoms. The second-order valence-corrected chi connectivity index (χ2v) is 5.96. The first kappa shape index (κ1) is 19.8. The van der Waals surface area contributed by atoms with Gasteiger partial charge < -0.3 is 24.3 Å². The number of nitrogens with one attached hydrogen (secondary N) is 1. The van der Waals surface area contributed by atoms with Gasteiger partial charge in [0.1, 0.15) is 11.5 Å². The molecule has 0 fully saturated rings. The molecular formula is C20H27NO5. The number of benzene rings is 1. The second-order valence-electron chi connectivity index (χ2n) is 5.96. The highest BCUT2D eigenvalue weighted by molar-refractivity contribution is 5.94. The van der Waals surface area contributed by atoms with Crippen molar-refractivity contribution in [2.75, 3.05) is 19.8 Å². The van der Waals surface area contributed by atoms with E-state index in [-0.39, 0.29) is 5.91 Å². The average Bonchev–Trinajstić information content (AvgIpc) is 2.95. The van der Waals surface area contributed by atoms with E-state index in [4.69, 9.17) is 13.9 Å². The van der Waals surface area contributed by atoms with Gasteiger partial charge in [-0.1, -0.05) is 0 Å². The summed E-state index contributed by atoms with van der Waals surface area (Å²) in [7, 11) is 0. The Bertz CT molecular complexity index is 738. The molecule has 0 aliphatic rings. The van der Waals surface area contributed by atoms with E-state index in [2.05, 4.69) is 5.32 Å². The summed E-state index contributed by atoms with van der Waals surface area (Å²) in [4.78, 5) is 12.4. The van der Waals surface area contributed by atoms with Crippen LogP contribution in [0.2, 0.25) is 0 Å². The van der Waals surface area contributed by atoms with Crippen LogP contribution < -0.4 is 14.8 Å². The van der Waals surface area contributed by atoms with Gasteiger partial charge in [-0.3, -0.25) is 4.79 Å². The third-order valence-corrected chi connectivity index (χ3v) is 3.95. The Morgan fingerprint density at radius 3 is 2.46 bits per heavy atom. The number of rotatable bonds is 9. The summed E-state index contributed by atoms with van der Waals surface area (Å²) in [6.07, 6.45) is -0.270. The molecule has 6 nitrogen and oxygen atoms in total. The zero-order chi connectivity index (χ0) is 19.1. The highest BCUT2D eigenvalue weighted by atomic mass is 16.5. The molecule has 0 bridgehead atoms. The van der Waals surface area contributed by atoms with Crippen LogP contribution >= 0.6 is 0 Å². The number of hydrogen-bond acceptors (Lipinski definition) is 5. The smallest absolute Gasteiger partial charge is 0.251 e. The Kier molecular flexibility index (Phi) is 7.09. The summed E-state index contributed by atoms with van der Waals surface area (Å²) in [6, 6.07) is 6.92. The maximum atomic E-state index is 12.4. The lowest BCUT2D eigenvalue weighted by atomic mass is 10.1. The molecule has 0 aliphatic carbocycles. The number of amides is 1. The van der Waals surface area contributed by atoms with Crippen LogP contribution in [0.4, 0.5) is 0 Å². The summed E-state index contributed by atoms with van der Waals surface area (Å²) in [5.74, 6) is 2.41. The van der Waals surface area contributed by atoms with Crippen molar-refractivity contribution in [1.82, 2.24) is 5.32 Å². The van der Waals surface area contributed by atoms with Crippen molar-refractivity contribution in [2.24, 2.45) is 0 Å². The third-order valence-electron chi connectivity index (χ3n) is 3.95. The summed E-state index contributed by atoms with van der Waals surface area (Å²) in [5.41, 5.74) is 1.25. The molecule has 1 aromatic carbocycles. The molecule has 1 unspecified atom stereocenters. The predicted octanol–water partition coefficient (Wildman–Crippen LogP) is 3.55. The molecule has 1 atom stereocenters. The van der Waals surface area contributed by atoms with Gasteiger partial charge in [-0.25, -0.2) is 0 Å². The molecule has 0 radical (unpaired) electrons. The number of furan rings is 1. The maximum Gasteiger partial charge on any atom is 0.251 e. The van der Waals surface area contributed by atoms with Crippen LogP contribution in [0.15, 0.2) is 28.7 Å². The van der Waals surface area contributed by atoms with Gasteiger partial charge in [0.05, 0.1) is 19.3 Å². The van der Waals surface area contributed by atoms with E-state index in [0.29, 0.717) is 49.0 Å². The first-order chi connectivity index (χ1) is 12.5. The predicted molar refractivity (Wildman–Crippen MR) is 98.9 cm³/mol. The zero-order valence-electron chi connectivity index (χ0n) is 15.8. The second kappa shape index (κ2) is 9.29. The fraction of sp³-hybridized carbons (Fsp3) is 0.450. The SMILES string of the molecule is CCOc1ccc(C(=O)NCCC(O)c2cc(C)oc2C)cc1OCC. The number of carbonyl (C=O) groups excluding carboxylic acids is 1. The molecule has 1 amide bonds. The van der Waals surface area contributed by atoms with Crippen LogP contribution in [0.5, 0.6) is 11.5 Å². The zero-order valence-corrected chi connectivity index (χ0v) is 15.8. The molecule has 2 N–H and O–H groups in total. The van der Waals surface area contributed by atoms with E-state index in [0.717, 1.165) is 11.3 Å². The van der Waals surface area contributed by atoms with Gasteiger partial charge in [0, 0.05) is 17.7 Å². The van der Waals surface area contributed by atoms with Crippen molar-refractivity contribution in [2.45, 2.75) is 40.2 Å². The summed E-state index contributed by atoms with van der Waals surface area (Å²) < 4.78 is 16.5. The van der Waals surface area contributed by atoms with Crippen molar-refractivity contribution < 1.29 is 23.8 Å². The van der Waals surface area contributed by atoms with Gasteiger partial charge in [0.25, 0.3) is 5.91 Å². The minimum absolute atomic E-state index is 0.221. The molecule has 0 saturated carbocycles. The van der Waals surface area contributed by atoms with Gasteiger partial charge in [0.15, 0.2) is 11.5 Å². The molecule has 1 aromatic heterocycles. The van der Waals surface area contributed by atoms with Gasteiger partial charge in [-0.2, -0.15) is 0 Å². The van der Waals surface area contributed by atoms with Gasteiger partial charge in [0.2, 0.25) is 0 Å². The summed E-state index contributed by atoms with van der Waals surface area (Å²) in [6.45, 7) is 8.79. The van der Waals surface area contributed by atoms with Gasteiger partial charge >= 0.3 is 0 Å². The van der Waals surface area contributed by atoms with E-state index in [1.54, 1.807) is 18.2 Å². The van der Waals surface area contributed by atoms with Crippen LogP contribution in [0.3, 0.4) is 0 Å². The lowest BCUT2D eigenvalue weighted by molar-refractivity contribution is 0.0942. The van der Waals surface area contributed by atoms with Crippen LogP contribution in [-0.4, -0.2) is 30.8 Å². The number of carbonyl (C=O) groups is 1.